The molecule has 0 atom stereocenters. The Balaban J connectivity index is 2.31. The highest BCUT2D eigenvalue weighted by Gasteiger charge is 2.22. The van der Waals surface area contributed by atoms with Crippen LogP contribution in [0.2, 0.25) is 10.0 Å². The molecule has 0 unspecified atom stereocenters. The molecule has 106 valence electrons. The summed E-state index contributed by atoms with van der Waals surface area (Å²) < 4.78 is 6.04. The third kappa shape index (κ3) is 2.55. The molecule has 3 nitrogen and oxygen atoms in total. The second-order valence-electron chi connectivity index (χ2n) is 4.35. The molecule has 0 fully saturated rings. The molecular weight excluding hydrogens is 375 g/mol. The molecule has 6 heteroatoms. The first-order valence-electron chi connectivity index (χ1n) is 6.04. The first-order valence-corrected chi connectivity index (χ1v) is 7.59. The zero-order valence-corrected chi connectivity index (χ0v) is 13.7. The highest BCUT2D eigenvalue weighted by Crippen LogP contribution is 2.44. The number of hydrogen-bond acceptors (Lipinski definition) is 3. The molecule has 0 aliphatic heterocycles. The molecule has 2 aromatic carbocycles. The summed E-state index contributed by atoms with van der Waals surface area (Å²) in [6.07, 6.45) is 0. The van der Waals surface area contributed by atoms with Crippen LogP contribution in [0, 0.1) is 0 Å². The predicted octanol–water partition coefficient (Wildman–Crippen LogP) is 5.66. The van der Waals surface area contributed by atoms with Crippen molar-refractivity contribution in [1.82, 2.24) is 5.16 Å². The smallest absolute Gasteiger partial charge is 0.230 e. The quantitative estimate of drug-likeness (QED) is 0.621. The average Bonchev–Trinajstić information content (AvgIpc) is 2.81. The normalized spacial score (nSPS) is 10.8. The van der Waals surface area contributed by atoms with E-state index in [1.165, 1.54) is 0 Å². The van der Waals surface area contributed by atoms with Crippen molar-refractivity contribution in [2.75, 3.05) is 5.73 Å². The van der Waals surface area contributed by atoms with Gasteiger partial charge in [-0.25, -0.2) is 0 Å². The van der Waals surface area contributed by atoms with E-state index in [0.717, 1.165) is 10.0 Å². The molecule has 1 heterocycles. The predicted molar refractivity (Wildman–Crippen MR) is 89.5 cm³/mol. The topological polar surface area (TPSA) is 52.0 Å². The van der Waals surface area contributed by atoms with Crippen LogP contribution in [0.4, 0.5) is 5.88 Å². The maximum atomic E-state index is 6.27. The lowest BCUT2D eigenvalue weighted by Gasteiger charge is -2.08. The Morgan fingerprint density at radius 2 is 1.62 bits per heavy atom. The van der Waals surface area contributed by atoms with Gasteiger partial charge in [-0.1, -0.05) is 68.6 Å². The molecular formula is C15H9BrCl2N2O. The molecule has 0 aliphatic rings. The highest BCUT2D eigenvalue weighted by atomic mass is 79.9. The van der Waals surface area contributed by atoms with E-state index in [1.807, 2.05) is 24.3 Å². The first-order chi connectivity index (χ1) is 10.1. The minimum absolute atomic E-state index is 0.177. The first kappa shape index (κ1) is 14.4. The molecule has 0 radical (unpaired) electrons. The molecule has 0 aliphatic carbocycles. The number of halogens is 3. The van der Waals surface area contributed by atoms with Crippen LogP contribution >= 0.6 is 39.1 Å². The number of anilines is 1. The van der Waals surface area contributed by atoms with Crippen LogP contribution in [0.15, 0.2) is 51.5 Å². The molecule has 21 heavy (non-hydrogen) atoms. The number of hydrogen-bond donors (Lipinski definition) is 1. The van der Waals surface area contributed by atoms with Gasteiger partial charge in [-0.3, -0.25) is 0 Å². The summed E-state index contributed by atoms with van der Waals surface area (Å²) in [6.45, 7) is 0. The van der Waals surface area contributed by atoms with Gasteiger partial charge < -0.3 is 10.3 Å². The Morgan fingerprint density at radius 1 is 0.952 bits per heavy atom. The van der Waals surface area contributed by atoms with Crippen LogP contribution in [-0.2, 0) is 0 Å². The Bertz CT molecular complexity index is 797. The number of nitrogens with two attached hydrogens (primary N) is 1. The second kappa shape index (κ2) is 5.72. The van der Waals surface area contributed by atoms with Crippen molar-refractivity contribution in [1.29, 1.82) is 0 Å². The standard InChI is InChI=1S/C15H9BrCl2N2O/c16-9-5-2-1-4-8(9)14-13(15(19)21-20-14)12-10(17)6-3-7-11(12)18/h1-7H,19H2. The van der Waals surface area contributed by atoms with Gasteiger partial charge in [0.2, 0.25) is 5.88 Å². The summed E-state index contributed by atoms with van der Waals surface area (Å²) in [5, 5.41) is 5.04. The summed E-state index contributed by atoms with van der Waals surface area (Å²) in [5.74, 6) is 0.177. The van der Waals surface area contributed by atoms with E-state index < -0.39 is 0 Å². The summed E-state index contributed by atoms with van der Waals surface area (Å²) in [5.41, 5.74) is 8.59. The minimum atomic E-state index is 0.177. The molecule has 3 rings (SSSR count). The Kier molecular flexibility index (Phi) is 3.93. The minimum Gasteiger partial charge on any atom is -0.367 e. The Morgan fingerprint density at radius 3 is 2.29 bits per heavy atom. The molecule has 0 spiro atoms. The van der Waals surface area contributed by atoms with E-state index in [0.29, 0.717) is 26.9 Å². The number of nitrogens with zero attached hydrogens (tertiary/aromatic N) is 1. The van der Waals surface area contributed by atoms with Gasteiger partial charge in [-0.15, -0.1) is 0 Å². The lowest BCUT2D eigenvalue weighted by molar-refractivity contribution is 0.439. The van der Waals surface area contributed by atoms with E-state index in [-0.39, 0.29) is 5.88 Å². The molecule has 0 saturated carbocycles. The monoisotopic (exact) mass is 382 g/mol. The molecule has 0 bridgehead atoms. The lowest BCUT2D eigenvalue weighted by Crippen LogP contribution is -1.90. The summed E-state index contributed by atoms with van der Waals surface area (Å²) >= 11 is 16.0. The van der Waals surface area contributed by atoms with Crippen molar-refractivity contribution in [2.24, 2.45) is 0 Å². The third-order valence-electron chi connectivity index (χ3n) is 3.06. The van der Waals surface area contributed by atoms with Crippen molar-refractivity contribution < 1.29 is 4.52 Å². The van der Waals surface area contributed by atoms with Crippen LogP contribution in [-0.4, -0.2) is 5.16 Å². The van der Waals surface area contributed by atoms with Crippen LogP contribution in [0.3, 0.4) is 0 Å². The van der Waals surface area contributed by atoms with Crippen molar-refractivity contribution in [3.63, 3.8) is 0 Å². The van der Waals surface area contributed by atoms with Gasteiger partial charge in [0, 0.05) is 15.6 Å². The number of aromatic nitrogens is 1. The molecule has 0 amide bonds. The lowest BCUT2D eigenvalue weighted by atomic mass is 10.0. The van der Waals surface area contributed by atoms with E-state index >= 15 is 0 Å². The second-order valence-corrected chi connectivity index (χ2v) is 6.02. The summed E-state index contributed by atoms with van der Waals surface area (Å²) in [4.78, 5) is 0. The zero-order chi connectivity index (χ0) is 15.0. The van der Waals surface area contributed by atoms with E-state index in [9.17, 15) is 0 Å². The van der Waals surface area contributed by atoms with Gasteiger partial charge in [-0.2, -0.15) is 0 Å². The fourth-order valence-electron chi connectivity index (χ4n) is 2.12. The van der Waals surface area contributed by atoms with Crippen LogP contribution in [0.5, 0.6) is 0 Å². The zero-order valence-electron chi connectivity index (χ0n) is 10.6. The molecule has 3 aromatic rings. The van der Waals surface area contributed by atoms with Gasteiger partial charge in [0.15, 0.2) is 0 Å². The van der Waals surface area contributed by atoms with Crippen LogP contribution in [0.1, 0.15) is 0 Å². The van der Waals surface area contributed by atoms with Gasteiger partial charge in [0.05, 0.1) is 15.6 Å². The van der Waals surface area contributed by atoms with Gasteiger partial charge in [-0.05, 0) is 18.2 Å². The van der Waals surface area contributed by atoms with Crippen molar-refractivity contribution >= 4 is 45.0 Å². The fourth-order valence-corrected chi connectivity index (χ4v) is 3.18. The summed E-state index contributed by atoms with van der Waals surface area (Å²) in [7, 11) is 0. The largest absolute Gasteiger partial charge is 0.367 e. The molecule has 1 aromatic heterocycles. The van der Waals surface area contributed by atoms with Gasteiger partial charge >= 0.3 is 0 Å². The van der Waals surface area contributed by atoms with Crippen LogP contribution < -0.4 is 5.73 Å². The maximum Gasteiger partial charge on any atom is 0.230 e. The van der Waals surface area contributed by atoms with Crippen LogP contribution in [0.25, 0.3) is 22.4 Å². The Hall–Kier alpha value is -1.49. The van der Waals surface area contributed by atoms with Gasteiger partial charge in [0.1, 0.15) is 5.69 Å². The van der Waals surface area contributed by atoms with Gasteiger partial charge in [0.25, 0.3) is 0 Å². The van der Waals surface area contributed by atoms with E-state index in [4.69, 9.17) is 33.5 Å². The number of rotatable bonds is 2. The van der Waals surface area contributed by atoms with Crippen molar-refractivity contribution in [2.45, 2.75) is 0 Å². The summed E-state index contributed by atoms with van der Waals surface area (Å²) in [6, 6.07) is 12.9. The number of nitrogen functional groups attached to an aromatic ring is 1. The Labute approximate surface area is 139 Å². The fraction of sp³-hybridized carbons (Fsp3) is 0. The van der Waals surface area contributed by atoms with Crippen molar-refractivity contribution in [3.8, 4) is 22.4 Å². The average molecular weight is 384 g/mol. The van der Waals surface area contributed by atoms with E-state index in [2.05, 4.69) is 21.1 Å². The van der Waals surface area contributed by atoms with E-state index in [1.54, 1.807) is 18.2 Å². The third-order valence-corrected chi connectivity index (χ3v) is 4.38. The SMILES string of the molecule is Nc1onc(-c2ccccc2Br)c1-c1c(Cl)cccc1Cl. The highest BCUT2D eigenvalue weighted by molar-refractivity contribution is 9.10. The number of benzene rings is 2. The maximum absolute atomic E-state index is 6.27. The molecule has 2 N–H and O–H groups in total. The molecule has 0 saturated heterocycles. The van der Waals surface area contributed by atoms with Crippen molar-refractivity contribution in [3.05, 3.63) is 57.0 Å².